The van der Waals surface area contributed by atoms with Gasteiger partial charge in [-0.15, -0.1) is 0 Å². The van der Waals surface area contributed by atoms with Gasteiger partial charge in [0, 0.05) is 10.0 Å². The van der Waals surface area contributed by atoms with Gasteiger partial charge in [-0.25, -0.2) is 0 Å². The molecule has 3 nitrogen and oxygen atoms in total. The third kappa shape index (κ3) is 3.82. The summed E-state index contributed by atoms with van der Waals surface area (Å²) in [6.45, 7) is 2.17. The Hall–Kier alpha value is -1.36. The van der Waals surface area contributed by atoms with Crippen molar-refractivity contribution in [2.75, 3.05) is 0 Å². The van der Waals surface area contributed by atoms with Gasteiger partial charge in [-0.05, 0) is 30.2 Å². The summed E-state index contributed by atoms with van der Waals surface area (Å²) in [4.78, 5) is 0. The zero-order valence-electron chi connectivity index (χ0n) is 11.2. The number of rotatable bonds is 5. The number of halogens is 1. The third-order valence-corrected chi connectivity index (χ3v) is 3.52. The van der Waals surface area contributed by atoms with Crippen molar-refractivity contribution in [3.05, 3.63) is 63.6 Å². The van der Waals surface area contributed by atoms with Gasteiger partial charge in [0.15, 0.2) is 0 Å². The lowest BCUT2D eigenvalue weighted by Gasteiger charge is -2.14. The molecule has 2 rings (SSSR count). The van der Waals surface area contributed by atoms with Gasteiger partial charge in [-0.3, -0.25) is 0 Å². The van der Waals surface area contributed by atoms with Crippen molar-refractivity contribution >= 4 is 15.9 Å². The molecule has 4 heteroatoms. The summed E-state index contributed by atoms with van der Waals surface area (Å²) in [7, 11) is 0. The molecule has 0 radical (unpaired) electrons. The summed E-state index contributed by atoms with van der Waals surface area (Å²) in [5.74, 6) is 0.667. The lowest BCUT2D eigenvalue weighted by atomic mass is 10.1. The van der Waals surface area contributed by atoms with Gasteiger partial charge in [0.05, 0.1) is 12.7 Å². The van der Waals surface area contributed by atoms with Gasteiger partial charge in [0.2, 0.25) is 0 Å². The van der Waals surface area contributed by atoms with Crippen LogP contribution in [0.2, 0.25) is 0 Å². The topological polar surface area (TPSA) is 49.7 Å². The molecular formula is C16H17BrO3. The van der Waals surface area contributed by atoms with Crippen molar-refractivity contribution in [3.63, 3.8) is 0 Å². The molecule has 0 fully saturated rings. The summed E-state index contributed by atoms with van der Waals surface area (Å²) in [6, 6.07) is 13.2. The molecule has 20 heavy (non-hydrogen) atoms. The Bertz CT molecular complexity index is 564. The Kier molecular flexibility index (Phi) is 5.17. The quantitative estimate of drug-likeness (QED) is 0.877. The van der Waals surface area contributed by atoms with Crippen LogP contribution in [0.3, 0.4) is 0 Å². The standard InChI is InChI=1S/C16H17BrO3/c1-11(19)15-7-6-14(17)8-16(15)20-10-13-4-2-12(9-18)3-5-13/h2-8,11,18-19H,9-10H2,1H3/t11-/m0/s1. The lowest BCUT2D eigenvalue weighted by molar-refractivity contribution is 0.190. The molecule has 0 spiro atoms. The van der Waals surface area contributed by atoms with Crippen LogP contribution in [0.25, 0.3) is 0 Å². The summed E-state index contributed by atoms with van der Waals surface area (Å²) in [5, 5.41) is 18.7. The van der Waals surface area contributed by atoms with Crippen LogP contribution < -0.4 is 4.74 Å². The Morgan fingerprint density at radius 3 is 2.35 bits per heavy atom. The zero-order chi connectivity index (χ0) is 14.5. The molecule has 0 aliphatic heterocycles. The first kappa shape index (κ1) is 15.0. The first-order chi connectivity index (χ1) is 9.60. The van der Waals surface area contributed by atoms with Crippen molar-refractivity contribution in [3.8, 4) is 5.75 Å². The molecule has 0 unspecified atom stereocenters. The highest BCUT2D eigenvalue weighted by Gasteiger charge is 2.10. The summed E-state index contributed by atoms with van der Waals surface area (Å²) in [5.41, 5.74) is 2.65. The smallest absolute Gasteiger partial charge is 0.126 e. The first-order valence-corrected chi connectivity index (χ1v) is 7.18. The Morgan fingerprint density at radius 1 is 1.10 bits per heavy atom. The van der Waals surface area contributed by atoms with Crippen molar-refractivity contribution < 1.29 is 14.9 Å². The van der Waals surface area contributed by atoms with Crippen LogP contribution in [-0.4, -0.2) is 10.2 Å². The van der Waals surface area contributed by atoms with E-state index in [0.29, 0.717) is 12.4 Å². The van der Waals surface area contributed by atoms with E-state index in [1.807, 2.05) is 42.5 Å². The average molecular weight is 337 g/mol. The van der Waals surface area contributed by atoms with Crippen LogP contribution >= 0.6 is 15.9 Å². The van der Waals surface area contributed by atoms with Gasteiger partial charge in [0.1, 0.15) is 12.4 Å². The molecule has 2 N–H and O–H groups in total. The Morgan fingerprint density at radius 2 is 1.75 bits per heavy atom. The zero-order valence-corrected chi connectivity index (χ0v) is 12.8. The maximum atomic E-state index is 9.74. The molecule has 1 atom stereocenters. The molecule has 0 bridgehead atoms. The molecule has 0 amide bonds. The van der Waals surface area contributed by atoms with Gasteiger partial charge in [-0.2, -0.15) is 0 Å². The van der Waals surface area contributed by atoms with Gasteiger partial charge < -0.3 is 14.9 Å². The van der Waals surface area contributed by atoms with Gasteiger partial charge in [-0.1, -0.05) is 46.3 Å². The maximum absolute atomic E-state index is 9.74. The van der Waals surface area contributed by atoms with E-state index in [0.717, 1.165) is 21.2 Å². The SMILES string of the molecule is C[C@H](O)c1ccc(Br)cc1OCc1ccc(CO)cc1. The number of hydrogen-bond acceptors (Lipinski definition) is 3. The molecule has 2 aromatic rings. The molecule has 0 aromatic heterocycles. The van der Waals surface area contributed by atoms with E-state index >= 15 is 0 Å². The van der Waals surface area contributed by atoms with Crippen LogP contribution in [0.1, 0.15) is 29.7 Å². The van der Waals surface area contributed by atoms with Crippen molar-refractivity contribution in [1.82, 2.24) is 0 Å². The highest BCUT2D eigenvalue weighted by molar-refractivity contribution is 9.10. The van der Waals surface area contributed by atoms with Crippen LogP contribution in [0.5, 0.6) is 5.75 Å². The van der Waals surface area contributed by atoms with Crippen molar-refractivity contribution in [2.24, 2.45) is 0 Å². The number of benzene rings is 2. The van der Waals surface area contributed by atoms with Crippen molar-refractivity contribution in [1.29, 1.82) is 0 Å². The lowest BCUT2D eigenvalue weighted by Crippen LogP contribution is -2.01. The minimum absolute atomic E-state index is 0.0406. The minimum Gasteiger partial charge on any atom is -0.488 e. The molecule has 2 aromatic carbocycles. The highest BCUT2D eigenvalue weighted by Crippen LogP contribution is 2.29. The minimum atomic E-state index is -0.574. The van der Waals surface area contributed by atoms with Crippen LogP contribution in [0.15, 0.2) is 46.9 Å². The second-order valence-electron chi connectivity index (χ2n) is 4.62. The monoisotopic (exact) mass is 336 g/mol. The fraction of sp³-hybridized carbons (Fsp3) is 0.250. The number of ether oxygens (including phenoxy) is 1. The highest BCUT2D eigenvalue weighted by atomic mass is 79.9. The number of aliphatic hydroxyl groups is 2. The van der Waals surface area contributed by atoms with E-state index < -0.39 is 6.10 Å². The van der Waals surface area contributed by atoms with Crippen LogP contribution in [-0.2, 0) is 13.2 Å². The van der Waals surface area contributed by atoms with E-state index in [4.69, 9.17) is 9.84 Å². The van der Waals surface area contributed by atoms with Gasteiger partial charge in [0.25, 0.3) is 0 Å². The van der Waals surface area contributed by atoms with E-state index in [1.165, 1.54) is 0 Å². The van der Waals surface area contributed by atoms with Crippen LogP contribution in [0, 0.1) is 0 Å². The summed E-state index contributed by atoms with van der Waals surface area (Å²) < 4.78 is 6.70. The summed E-state index contributed by atoms with van der Waals surface area (Å²) >= 11 is 3.40. The average Bonchev–Trinajstić information content (AvgIpc) is 2.45. The molecule has 106 valence electrons. The largest absolute Gasteiger partial charge is 0.488 e. The first-order valence-electron chi connectivity index (χ1n) is 6.39. The summed E-state index contributed by atoms with van der Waals surface area (Å²) in [6.07, 6.45) is -0.574. The number of hydrogen-bond donors (Lipinski definition) is 2. The second-order valence-corrected chi connectivity index (χ2v) is 5.54. The molecule has 0 saturated carbocycles. The normalized spacial score (nSPS) is 12.2. The predicted molar refractivity (Wildman–Crippen MR) is 81.5 cm³/mol. The maximum Gasteiger partial charge on any atom is 0.126 e. The molecule has 0 aliphatic rings. The van der Waals surface area contributed by atoms with Crippen LogP contribution in [0.4, 0.5) is 0 Å². The van der Waals surface area contributed by atoms with E-state index in [1.54, 1.807) is 6.92 Å². The Labute approximate surface area is 127 Å². The van der Waals surface area contributed by atoms with E-state index in [9.17, 15) is 5.11 Å². The second kappa shape index (κ2) is 6.88. The fourth-order valence-electron chi connectivity index (χ4n) is 1.88. The van der Waals surface area contributed by atoms with Crippen molar-refractivity contribution in [2.45, 2.75) is 26.2 Å². The molecular weight excluding hydrogens is 320 g/mol. The number of aliphatic hydroxyl groups excluding tert-OH is 2. The predicted octanol–water partition coefficient (Wildman–Crippen LogP) is 3.57. The Balaban J connectivity index is 2.11. The fourth-order valence-corrected chi connectivity index (χ4v) is 2.22. The molecule has 0 saturated heterocycles. The van der Waals surface area contributed by atoms with Gasteiger partial charge >= 0.3 is 0 Å². The van der Waals surface area contributed by atoms with E-state index in [-0.39, 0.29) is 6.61 Å². The molecule has 0 heterocycles. The third-order valence-electron chi connectivity index (χ3n) is 3.03. The molecule has 0 aliphatic carbocycles. The van der Waals surface area contributed by atoms with E-state index in [2.05, 4.69) is 15.9 Å².